The van der Waals surface area contributed by atoms with Crippen LogP contribution in [0, 0.1) is 0 Å². The van der Waals surface area contributed by atoms with Crippen molar-refractivity contribution in [3.05, 3.63) is 18.0 Å². The van der Waals surface area contributed by atoms with Crippen LogP contribution in [0.5, 0.6) is 0 Å². The predicted molar refractivity (Wildman–Crippen MR) is 62.8 cm³/mol. The van der Waals surface area contributed by atoms with Crippen LogP contribution in [0.3, 0.4) is 0 Å². The topological polar surface area (TPSA) is 38.2 Å². The first-order valence-corrected chi connectivity index (χ1v) is 6.45. The third-order valence-corrected chi connectivity index (χ3v) is 3.34. The first-order valence-electron chi connectivity index (χ1n) is 5.33. The molecule has 4 nitrogen and oxygen atoms in total. The summed E-state index contributed by atoms with van der Waals surface area (Å²) in [5, 5.41) is 0.590. The molecule has 1 aromatic heterocycles. The highest BCUT2D eigenvalue weighted by Crippen LogP contribution is 2.28. The molecule has 1 saturated heterocycles. The molecule has 0 bridgehead atoms. The second kappa shape index (κ2) is 5.40. The number of nitrogens with zero attached hydrogens (tertiary/aromatic N) is 3. The largest absolute Gasteiger partial charge is 0.433 e. The van der Waals surface area contributed by atoms with Crippen LogP contribution in [0.2, 0.25) is 0 Å². The Morgan fingerprint density at radius 1 is 1.50 bits per heavy atom. The zero-order valence-corrected chi connectivity index (χ0v) is 10.9. The van der Waals surface area contributed by atoms with Crippen molar-refractivity contribution in [2.75, 3.05) is 30.0 Å². The van der Waals surface area contributed by atoms with Crippen LogP contribution in [-0.2, 0) is 10.9 Å². The monoisotopic (exact) mass is 325 g/mol. The van der Waals surface area contributed by atoms with Gasteiger partial charge in [0.1, 0.15) is 5.69 Å². The van der Waals surface area contributed by atoms with Crippen LogP contribution in [0.4, 0.5) is 19.1 Å². The van der Waals surface area contributed by atoms with Crippen molar-refractivity contribution in [2.45, 2.75) is 12.2 Å². The molecule has 1 unspecified atom stereocenters. The van der Waals surface area contributed by atoms with Crippen molar-refractivity contribution in [1.29, 1.82) is 0 Å². The summed E-state index contributed by atoms with van der Waals surface area (Å²) >= 11 is 3.31. The molecule has 0 aliphatic carbocycles. The lowest BCUT2D eigenvalue weighted by atomic mass is 10.3. The Morgan fingerprint density at radius 2 is 2.28 bits per heavy atom. The fourth-order valence-corrected chi connectivity index (χ4v) is 2.23. The van der Waals surface area contributed by atoms with Crippen molar-refractivity contribution < 1.29 is 17.9 Å². The Bertz CT molecular complexity index is 416. The van der Waals surface area contributed by atoms with E-state index in [0.717, 1.165) is 12.3 Å². The maximum atomic E-state index is 12.6. The Hall–Kier alpha value is -0.890. The lowest BCUT2D eigenvalue weighted by Gasteiger charge is -2.34. The smallest absolute Gasteiger partial charge is 0.377 e. The minimum atomic E-state index is -4.45. The maximum absolute atomic E-state index is 12.6. The number of anilines is 1. The molecule has 8 heteroatoms. The van der Waals surface area contributed by atoms with E-state index in [-0.39, 0.29) is 12.0 Å². The third-order valence-electron chi connectivity index (χ3n) is 2.60. The number of ether oxygens (including phenoxy) is 1. The van der Waals surface area contributed by atoms with Gasteiger partial charge in [0.2, 0.25) is 5.95 Å². The molecular formula is C10H11BrF3N3O. The van der Waals surface area contributed by atoms with Gasteiger partial charge in [-0.3, -0.25) is 0 Å². The maximum Gasteiger partial charge on any atom is 0.433 e. The van der Waals surface area contributed by atoms with Gasteiger partial charge in [0.15, 0.2) is 0 Å². The molecule has 2 rings (SSSR count). The number of rotatable bonds is 2. The normalized spacial score (nSPS) is 21.1. The predicted octanol–water partition coefficient (Wildman–Crippen LogP) is 2.10. The Balaban J connectivity index is 2.27. The SMILES string of the molecule is FC(F)(F)c1ccnc(N2CCOCC2CBr)n1. The van der Waals surface area contributed by atoms with E-state index in [1.165, 1.54) is 0 Å². The molecule has 1 atom stereocenters. The van der Waals surface area contributed by atoms with Gasteiger partial charge in [0, 0.05) is 18.1 Å². The van der Waals surface area contributed by atoms with E-state index >= 15 is 0 Å². The summed E-state index contributed by atoms with van der Waals surface area (Å²) in [5.74, 6) is 0.0950. The van der Waals surface area contributed by atoms with E-state index in [0.29, 0.717) is 25.1 Å². The first-order chi connectivity index (χ1) is 8.52. The molecule has 0 spiro atoms. The third kappa shape index (κ3) is 2.92. The van der Waals surface area contributed by atoms with E-state index in [4.69, 9.17) is 4.74 Å². The van der Waals surface area contributed by atoms with Crippen molar-refractivity contribution in [2.24, 2.45) is 0 Å². The van der Waals surface area contributed by atoms with E-state index in [1.54, 1.807) is 4.90 Å². The van der Waals surface area contributed by atoms with Crippen LogP contribution >= 0.6 is 15.9 Å². The summed E-state index contributed by atoms with van der Waals surface area (Å²) in [4.78, 5) is 9.22. The average molecular weight is 326 g/mol. The minimum Gasteiger partial charge on any atom is -0.377 e. The van der Waals surface area contributed by atoms with Crippen LogP contribution < -0.4 is 4.90 Å². The van der Waals surface area contributed by atoms with E-state index in [2.05, 4.69) is 25.9 Å². The Labute approximate surface area is 110 Å². The molecular weight excluding hydrogens is 315 g/mol. The number of morpholine rings is 1. The number of hydrogen-bond donors (Lipinski definition) is 0. The molecule has 2 heterocycles. The standard InChI is InChI=1S/C10H11BrF3N3O/c11-5-7-6-18-4-3-17(7)9-15-2-1-8(16-9)10(12,13)14/h1-2,7H,3-6H2. The molecule has 1 aliphatic heterocycles. The van der Waals surface area contributed by atoms with Gasteiger partial charge in [-0.1, -0.05) is 15.9 Å². The van der Waals surface area contributed by atoms with E-state index in [1.807, 2.05) is 0 Å². The van der Waals surface area contributed by atoms with Gasteiger partial charge in [0.25, 0.3) is 0 Å². The van der Waals surface area contributed by atoms with Crippen LogP contribution in [0.25, 0.3) is 0 Å². The summed E-state index contributed by atoms with van der Waals surface area (Å²) < 4.78 is 43.0. The summed E-state index contributed by atoms with van der Waals surface area (Å²) in [6, 6.07) is 0.815. The molecule has 0 aromatic carbocycles. The first kappa shape index (κ1) is 13.5. The quantitative estimate of drug-likeness (QED) is 0.780. The van der Waals surface area contributed by atoms with Gasteiger partial charge < -0.3 is 9.64 Å². The average Bonchev–Trinajstić information content (AvgIpc) is 2.38. The highest BCUT2D eigenvalue weighted by atomic mass is 79.9. The molecule has 0 amide bonds. The number of halogens is 4. The molecule has 0 saturated carbocycles. The lowest BCUT2D eigenvalue weighted by Crippen LogP contribution is -2.47. The van der Waals surface area contributed by atoms with Crippen molar-refractivity contribution in [3.63, 3.8) is 0 Å². The summed E-state index contributed by atoms with van der Waals surface area (Å²) in [7, 11) is 0. The second-order valence-electron chi connectivity index (χ2n) is 3.82. The molecule has 18 heavy (non-hydrogen) atoms. The van der Waals surface area contributed by atoms with Crippen LogP contribution in [0.1, 0.15) is 5.69 Å². The molecule has 1 aromatic rings. The summed E-state index contributed by atoms with van der Waals surface area (Å²) in [5.41, 5.74) is -0.924. The van der Waals surface area contributed by atoms with Gasteiger partial charge >= 0.3 is 6.18 Å². The minimum absolute atomic E-state index is 0.0535. The Morgan fingerprint density at radius 3 is 2.94 bits per heavy atom. The van der Waals surface area contributed by atoms with Crippen molar-refractivity contribution in [1.82, 2.24) is 9.97 Å². The Kier molecular flexibility index (Phi) is 4.06. The fraction of sp³-hybridized carbons (Fsp3) is 0.600. The van der Waals surface area contributed by atoms with Crippen molar-refractivity contribution >= 4 is 21.9 Å². The zero-order chi connectivity index (χ0) is 13.2. The van der Waals surface area contributed by atoms with Gasteiger partial charge in [0.05, 0.1) is 19.3 Å². The van der Waals surface area contributed by atoms with E-state index < -0.39 is 11.9 Å². The van der Waals surface area contributed by atoms with Crippen molar-refractivity contribution in [3.8, 4) is 0 Å². The van der Waals surface area contributed by atoms with Gasteiger partial charge in [-0.05, 0) is 6.07 Å². The second-order valence-corrected chi connectivity index (χ2v) is 4.46. The van der Waals surface area contributed by atoms with Gasteiger partial charge in [-0.25, -0.2) is 9.97 Å². The van der Waals surface area contributed by atoms with Crippen LogP contribution in [0.15, 0.2) is 12.3 Å². The molecule has 1 fully saturated rings. The molecule has 100 valence electrons. The highest BCUT2D eigenvalue weighted by Gasteiger charge is 2.34. The lowest BCUT2D eigenvalue weighted by molar-refractivity contribution is -0.141. The van der Waals surface area contributed by atoms with Gasteiger partial charge in [-0.15, -0.1) is 0 Å². The molecule has 0 radical (unpaired) electrons. The molecule has 1 aliphatic rings. The highest BCUT2D eigenvalue weighted by molar-refractivity contribution is 9.09. The summed E-state index contributed by atoms with van der Waals surface area (Å²) in [6.45, 7) is 1.39. The van der Waals surface area contributed by atoms with Crippen LogP contribution in [-0.4, -0.2) is 41.1 Å². The number of aromatic nitrogens is 2. The summed E-state index contributed by atoms with van der Waals surface area (Å²) in [6.07, 6.45) is -3.32. The van der Waals surface area contributed by atoms with Gasteiger partial charge in [-0.2, -0.15) is 13.2 Å². The van der Waals surface area contributed by atoms with E-state index in [9.17, 15) is 13.2 Å². The zero-order valence-electron chi connectivity index (χ0n) is 9.32. The molecule has 0 N–H and O–H groups in total. The number of hydrogen-bond acceptors (Lipinski definition) is 4. The number of alkyl halides is 4. The fourth-order valence-electron chi connectivity index (χ4n) is 1.69.